The molecule has 2 N–H and O–H groups in total. The third kappa shape index (κ3) is 1.26. The summed E-state index contributed by atoms with van der Waals surface area (Å²) in [7, 11) is 0. The van der Waals surface area contributed by atoms with Gasteiger partial charge in [0.15, 0.2) is 5.69 Å². The van der Waals surface area contributed by atoms with E-state index in [0.717, 1.165) is 12.5 Å². The Bertz CT molecular complexity index is 329. The maximum atomic E-state index is 8.58. The van der Waals surface area contributed by atoms with Gasteiger partial charge in [-0.2, -0.15) is 10.4 Å². The topological polar surface area (TPSA) is 67.6 Å². The van der Waals surface area contributed by atoms with Crippen molar-refractivity contribution >= 4 is 5.69 Å². The molecule has 0 aliphatic heterocycles. The van der Waals surface area contributed by atoms with Crippen molar-refractivity contribution in [2.24, 2.45) is 5.92 Å². The standard InChI is InChI=1S/C8H10N4/c9-3-8-7(10)5-12(11-8)4-6-1-2-6/h5-6H,1-2,4,10H2. The zero-order valence-electron chi connectivity index (χ0n) is 6.70. The highest BCUT2D eigenvalue weighted by Crippen LogP contribution is 2.30. The summed E-state index contributed by atoms with van der Waals surface area (Å²) in [6, 6.07) is 1.95. The predicted molar refractivity (Wildman–Crippen MR) is 44.1 cm³/mol. The van der Waals surface area contributed by atoms with Crippen molar-refractivity contribution in [1.29, 1.82) is 5.26 Å². The van der Waals surface area contributed by atoms with Crippen molar-refractivity contribution in [3.05, 3.63) is 11.9 Å². The Morgan fingerprint density at radius 3 is 3.00 bits per heavy atom. The Kier molecular flexibility index (Phi) is 1.51. The monoisotopic (exact) mass is 162 g/mol. The molecule has 0 amide bonds. The summed E-state index contributed by atoms with van der Waals surface area (Å²) < 4.78 is 1.77. The molecule has 2 rings (SSSR count). The summed E-state index contributed by atoms with van der Waals surface area (Å²) in [4.78, 5) is 0. The summed E-state index contributed by atoms with van der Waals surface area (Å²) in [5.41, 5.74) is 6.37. The SMILES string of the molecule is N#Cc1nn(CC2CC2)cc1N. The van der Waals surface area contributed by atoms with Gasteiger partial charge in [-0.25, -0.2) is 0 Å². The molecule has 4 heteroatoms. The van der Waals surface area contributed by atoms with Gasteiger partial charge in [-0.15, -0.1) is 0 Å². The molecule has 1 aliphatic rings. The summed E-state index contributed by atoms with van der Waals surface area (Å²) in [5, 5.41) is 12.6. The molecule has 4 nitrogen and oxygen atoms in total. The van der Waals surface area contributed by atoms with Gasteiger partial charge < -0.3 is 5.73 Å². The molecule has 0 spiro atoms. The molecule has 1 fully saturated rings. The van der Waals surface area contributed by atoms with E-state index in [1.807, 2.05) is 6.07 Å². The third-order valence-corrected chi connectivity index (χ3v) is 2.04. The van der Waals surface area contributed by atoms with E-state index in [1.165, 1.54) is 12.8 Å². The zero-order valence-corrected chi connectivity index (χ0v) is 6.70. The average molecular weight is 162 g/mol. The number of anilines is 1. The molecule has 1 aromatic rings. The van der Waals surface area contributed by atoms with E-state index in [1.54, 1.807) is 10.9 Å². The molecule has 1 aliphatic carbocycles. The van der Waals surface area contributed by atoms with Crippen LogP contribution in [-0.2, 0) is 6.54 Å². The van der Waals surface area contributed by atoms with Gasteiger partial charge in [0.1, 0.15) is 6.07 Å². The van der Waals surface area contributed by atoms with E-state index in [-0.39, 0.29) is 0 Å². The van der Waals surface area contributed by atoms with E-state index >= 15 is 0 Å². The highest BCUT2D eigenvalue weighted by molar-refractivity contribution is 5.47. The van der Waals surface area contributed by atoms with E-state index in [2.05, 4.69) is 5.10 Å². The smallest absolute Gasteiger partial charge is 0.185 e. The third-order valence-electron chi connectivity index (χ3n) is 2.04. The molecule has 0 bridgehead atoms. The minimum Gasteiger partial charge on any atom is -0.395 e. The number of hydrogen-bond acceptors (Lipinski definition) is 3. The molecule has 0 unspecified atom stereocenters. The number of nitrogen functional groups attached to an aromatic ring is 1. The first-order chi connectivity index (χ1) is 5.79. The second-order valence-corrected chi connectivity index (χ2v) is 3.21. The van der Waals surface area contributed by atoms with Crippen LogP contribution < -0.4 is 5.73 Å². The summed E-state index contributed by atoms with van der Waals surface area (Å²) in [5.74, 6) is 0.760. The quantitative estimate of drug-likeness (QED) is 0.697. The van der Waals surface area contributed by atoms with Crippen molar-refractivity contribution in [2.45, 2.75) is 19.4 Å². The van der Waals surface area contributed by atoms with Crippen LogP contribution in [0, 0.1) is 17.2 Å². The summed E-state index contributed by atoms with van der Waals surface area (Å²) in [6.45, 7) is 0.909. The maximum Gasteiger partial charge on any atom is 0.185 e. The number of rotatable bonds is 2. The van der Waals surface area contributed by atoms with Gasteiger partial charge in [0.25, 0.3) is 0 Å². The fourth-order valence-electron chi connectivity index (χ4n) is 1.18. The largest absolute Gasteiger partial charge is 0.395 e. The van der Waals surface area contributed by atoms with Crippen LogP contribution in [-0.4, -0.2) is 9.78 Å². The fraction of sp³-hybridized carbons (Fsp3) is 0.500. The Labute approximate surface area is 70.6 Å². The first-order valence-corrected chi connectivity index (χ1v) is 4.02. The number of nitrogens with zero attached hydrogens (tertiary/aromatic N) is 3. The van der Waals surface area contributed by atoms with Crippen molar-refractivity contribution < 1.29 is 0 Å². The Hall–Kier alpha value is -1.50. The molecule has 12 heavy (non-hydrogen) atoms. The van der Waals surface area contributed by atoms with Gasteiger partial charge in [-0.05, 0) is 18.8 Å². The average Bonchev–Trinajstić information content (AvgIpc) is 2.76. The highest BCUT2D eigenvalue weighted by atomic mass is 15.3. The van der Waals surface area contributed by atoms with Crippen LogP contribution in [0.15, 0.2) is 6.20 Å². The van der Waals surface area contributed by atoms with Crippen LogP contribution in [0.2, 0.25) is 0 Å². The second-order valence-electron chi connectivity index (χ2n) is 3.21. The van der Waals surface area contributed by atoms with Crippen LogP contribution in [0.5, 0.6) is 0 Å². The van der Waals surface area contributed by atoms with Crippen LogP contribution in [0.3, 0.4) is 0 Å². The normalized spacial score (nSPS) is 15.9. The van der Waals surface area contributed by atoms with Gasteiger partial charge in [-0.1, -0.05) is 0 Å². The molecule has 1 heterocycles. The summed E-state index contributed by atoms with van der Waals surface area (Å²) >= 11 is 0. The van der Waals surface area contributed by atoms with Crippen LogP contribution in [0.25, 0.3) is 0 Å². The van der Waals surface area contributed by atoms with Gasteiger partial charge in [-0.3, -0.25) is 4.68 Å². The van der Waals surface area contributed by atoms with Crippen molar-refractivity contribution in [2.75, 3.05) is 5.73 Å². The van der Waals surface area contributed by atoms with Gasteiger partial charge >= 0.3 is 0 Å². The number of nitrogens with two attached hydrogens (primary N) is 1. The lowest BCUT2D eigenvalue weighted by atomic mass is 10.4. The number of nitriles is 1. The van der Waals surface area contributed by atoms with E-state index in [9.17, 15) is 0 Å². The summed E-state index contributed by atoms with van der Waals surface area (Å²) in [6.07, 6.45) is 4.29. The molecule has 0 radical (unpaired) electrons. The van der Waals surface area contributed by atoms with Gasteiger partial charge in [0, 0.05) is 12.7 Å². The lowest BCUT2D eigenvalue weighted by Gasteiger charge is -1.95. The molecule has 1 saturated carbocycles. The molecule has 0 saturated heterocycles. The van der Waals surface area contributed by atoms with Crippen molar-refractivity contribution in [3.8, 4) is 6.07 Å². The molecular weight excluding hydrogens is 152 g/mol. The van der Waals surface area contributed by atoms with E-state index in [4.69, 9.17) is 11.0 Å². The van der Waals surface area contributed by atoms with Crippen LogP contribution in [0.1, 0.15) is 18.5 Å². The Morgan fingerprint density at radius 2 is 2.50 bits per heavy atom. The number of aromatic nitrogens is 2. The van der Waals surface area contributed by atoms with Gasteiger partial charge in [0.2, 0.25) is 0 Å². The van der Waals surface area contributed by atoms with Crippen molar-refractivity contribution in [3.63, 3.8) is 0 Å². The predicted octanol–water partition coefficient (Wildman–Crippen LogP) is 0.747. The Morgan fingerprint density at radius 1 is 1.75 bits per heavy atom. The fourth-order valence-corrected chi connectivity index (χ4v) is 1.18. The first-order valence-electron chi connectivity index (χ1n) is 4.02. The zero-order chi connectivity index (χ0) is 8.55. The second kappa shape index (κ2) is 2.52. The van der Waals surface area contributed by atoms with E-state index < -0.39 is 0 Å². The van der Waals surface area contributed by atoms with Gasteiger partial charge in [0.05, 0.1) is 5.69 Å². The molecule has 1 aromatic heterocycles. The number of hydrogen-bond donors (Lipinski definition) is 1. The lowest BCUT2D eigenvalue weighted by molar-refractivity contribution is 0.562. The molecular formula is C8H10N4. The first kappa shape index (κ1) is 7.17. The van der Waals surface area contributed by atoms with E-state index in [0.29, 0.717) is 11.4 Å². The van der Waals surface area contributed by atoms with Crippen LogP contribution >= 0.6 is 0 Å². The minimum atomic E-state index is 0.343. The molecule has 0 atom stereocenters. The minimum absolute atomic E-state index is 0.343. The molecule has 62 valence electrons. The maximum absolute atomic E-state index is 8.58. The van der Waals surface area contributed by atoms with Crippen LogP contribution in [0.4, 0.5) is 5.69 Å². The Balaban J connectivity index is 2.16. The highest BCUT2D eigenvalue weighted by Gasteiger charge is 2.22. The molecule has 0 aromatic carbocycles. The lowest BCUT2D eigenvalue weighted by Crippen LogP contribution is -1.99. The van der Waals surface area contributed by atoms with Crippen molar-refractivity contribution in [1.82, 2.24) is 9.78 Å².